The van der Waals surface area contributed by atoms with Crippen LogP contribution in [0.2, 0.25) is 0 Å². The number of aliphatic hydroxyl groups excluding tert-OH is 1. The SMILES string of the molecule is COc1cccc(OC)c1-n1c(NS(=O)(=O)[C@H](C)[C@@H](O)c2ncc(F)cn2)nnc1C1=CC(C)C(C)N=C1. The van der Waals surface area contributed by atoms with Gasteiger partial charge in [0.2, 0.25) is 16.0 Å². The summed E-state index contributed by atoms with van der Waals surface area (Å²) in [6.45, 7) is 5.26. The fourth-order valence-corrected chi connectivity index (χ4v) is 4.84. The van der Waals surface area contributed by atoms with Crippen LogP contribution in [0.25, 0.3) is 11.3 Å². The third-order valence-corrected chi connectivity index (χ3v) is 7.98. The van der Waals surface area contributed by atoms with E-state index in [2.05, 4.69) is 29.9 Å². The average molecular weight is 546 g/mol. The van der Waals surface area contributed by atoms with Gasteiger partial charge in [0.25, 0.3) is 0 Å². The van der Waals surface area contributed by atoms with Crippen LogP contribution >= 0.6 is 0 Å². The maximum atomic E-state index is 13.4. The Kier molecular flexibility index (Phi) is 7.73. The first-order chi connectivity index (χ1) is 18.1. The second-order valence-electron chi connectivity index (χ2n) is 8.75. The van der Waals surface area contributed by atoms with Crippen molar-refractivity contribution in [3.8, 4) is 17.2 Å². The smallest absolute Gasteiger partial charge is 0.243 e. The topological polar surface area (TPSA) is 154 Å². The van der Waals surface area contributed by atoms with Crippen molar-refractivity contribution in [2.24, 2.45) is 10.9 Å². The number of nitrogens with one attached hydrogen (secondary N) is 1. The zero-order valence-corrected chi connectivity index (χ0v) is 22.2. The van der Waals surface area contributed by atoms with Crippen molar-refractivity contribution in [1.29, 1.82) is 0 Å². The molecule has 1 aromatic carbocycles. The number of methoxy groups -OCH3 is 2. The molecule has 38 heavy (non-hydrogen) atoms. The number of aliphatic hydroxyl groups is 1. The Morgan fingerprint density at radius 3 is 2.32 bits per heavy atom. The number of allylic oxidation sites excluding steroid dienone is 1. The molecule has 12 nitrogen and oxygen atoms in total. The Balaban J connectivity index is 1.82. The van der Waals surface area contributed by atoms with Crippen molar-refractivity contribution >= 4 is 27.8 Å². The summed E-state index contributed by atoms with van der Waals surface area (Å²) in [6.07, 6.45) is 3.66. The van der Waals surface area contributed by atoms with Gasteiger partial charge in [-0.15, -0.1) is 10.2 Å². The highest BCUT2D eigenvalue weighted by molar-refractivity contribution is 7.93. The third kappa shape index (κ3) is 5.22. The van der Waals surface area contributed by atoms with Gasteiger partial charge >= 0.3 is 0 Å². The first-order valence-electron chi connectivity index (χ1n) is 11.7. The highest BCUT2D eigenvalue weighted by atomic mass is 32.2. The van der Waals surface area contributed by atoms with Crippen molar-refractivity contribution in [2.45, 2.75) is 38.2 Å². The summed E-state index contributed by atoms with van der Waals surface area (Å²) in [7, 11) is -1.37. The number of hydrogen-bond acceptors (Lipinski definition) is 10. The Morgan fingerprint density at radius 2 is 1.74 bits per heavy atom. The number of benzene rings is 1. The lowest BCUT2D eigenvalue weighted by molar-refractivity contribution is 0.166. The average Bonchev–Trinajstić information content (AvgIpc) is 3.31. The van der Waals surface area contributed by atoms with Gasteiger partial charge in [-0.05, 0) is 31.9 Å². The van der Waals surface area contributed by atoms with Crippen LogP contribution in [-0.2, 0) is 10.0 Å². The Bertz CT molecular complexity index is 1450. The molecule has 0 radical (unpaired) electrons. The van der Waals surface area contributed by atoms with E-state index in [1.807, 2.05) is 19.9 Å². The van der Waals surface area contributed by atoms with E-state index in [0.717, 1.165) is 12.4 Å². The molecule has 4 atom stereocenters. The summed E-state index contributed by atoms with van der Waals surface area (Å²) in [6, 6.07) is 5.16. The highest BCUT2D eigenvalue weighted by Crippen LogP contribution is 2.37. The van der Waals surface area contributed by atoms with E-state index in [1.165, 1.54) is 25.7 Å². The molecule has 1 aliphatic rings. The quantitative estimate of drug-likeness (QED) is 0.413. The standard InChI is InChI=1S/C24H28FN7O5S/c1-13-9-16(10-26-14(13)2)23-29-30-24(32(23)20-18(36-4)7-6-8-19(20)37-5)31-38(34,35)15(3)21(33)22-27-11-17(25)12-28-22/h6-15,21,33H,1-5H3,(H,30,31)/t13?,14?,15-,21-/m1/s1. The molecule has 14 heteroatoms. The molecular formula is C24H28FN7O5S. The fraction of sp³-hybridized carbons (Fsp3) is 0.375. The molecule has 2 N–H and O–H groups in total. The van der Waals surface area contributed by atoms with Crippen molar-refractivity contribution < 1.29 is 27.4 Å². The Hall–Kier alpha value is -3.91. The molecule has 0 saturated carbocycles. The third-order valence-electron chi connectivity index (χ3n) is 6.27. The molecular weight excluding hydrogens is 517 g/mol. The molecule has 2 aromatic heterocycles. The van der Waals surface area contributed by atoms with Crippen LogP contribution in [0, 0.1) is 11.7 Å². The van der Waals surface area contributed by atoms with Gasteiger partial charge in [0.15, 0.2) is 17.5 Å². The number of sulfonamides is 1. The number of aromatic nitrogens is 5. The molecule has 2 unspecified atom stereocenters. The van der Waals surface area contributed by atoms with E-state index in [4.69, 9.17) is 9.47 Å². The Labute approximate surface area is 219 Å². The van der Waals surface area contributed by atoms with Crippen LogP contribution < -0.4 is 14.2 Å². The number of rotatable bonds is 9. The molecule has 1 aliphatic heterocycles. The molecule has 0 amide bonds. The molecule has 4 rings (SSSR count). The lowest BCUT2D eigenvalue weighted by atomic mass is 9.98. The molecule has 0 aliphatic carbocycles. The Morgan fingerprint density at radius 1 is 1.11 bits per heavy atom. The van der Waals surface area contributed by atoms with Gasteiger partial charge in [-0.1, -0.05) is 19.1 Å². The van der Waals surface area contributed by atoms with Crippen LogP contribution in [0.4, 0.5) is 10.3 Å². The van der Waals surface area contributed by atoms with Crippen molar-refractivity contribution in [3.63, 3.8) is 0 Å². The summed E-state index contributed by atoms with van der Waals surface area (Å²) >= 11 is 0. The summed E-state index contributed by atoms with van der Waals surface area (Å²) in [5.74, 6) is -0.0205. The van der Waals surface area contributed by atoms with Gasteiger partial charge in [-0.25, -0.2) is 22.8 Å². The molecule has 3 aromatic rings. The van der Waals surface area contributed by atoms with Crippen LogP contribution in [0.15, 0.2) is 41.7 Å². The summed E-state index contributed by atoms with van der Waals surface area (Å²) < 4.78 is 54.9. The predicted octanol–water partition coefficient (Wildman–Crippen LogP) is 2.57. The predicted molar refractivity (Wildman–Crippen MR) is 139 cm³/mol. The zero-order valence-electron chi connectivity index (χ0n) is 21.4. The molecule has 0 bridgehead atoms. The largest absolute Gasteiger partial charge is 0.494 e. The first kappa shape index (κ1) is 27.1. The van der Waals surface area contributed by atoms with Gasteiger partial charge in [0.05, 0.1) is 32.7 Å². The number of dihydropyridines is 1. The number of ether oxygens (including phenoxy) is 2. The van der Waals surface area contributed by atoms with E-state index >= 15 is 0 Å². The summed E-state index contributed by atoms with van der Waals surface area (Å²) in [5.41, 5.74) is 0.972. The van der Waals surface area contributed by atoms with E-state index in [9.17, 15) is 17.9 Å². The fourth-order valence-electron chi connectivity index (χ4n) is 3.81. The van der Waals surface area contributed by atoms with Crippen molar-refractivity contribution in [1.82, 2.24) is 24.7 Å². The highest BCUT2D eigenvalue weighted by Gasteiger charge is 2.34. The number of hydrogen-bond donors (Lipinski definition) is 2. The van der Waals surface area contributed by atoms with E-state index in [0.29, 0.717) is 28.6 Å². The van der Waals surface area contributed by atoms with Gasteiger partial charge in [-0.3, -0.25) is 14.3 Å². The number of aliphatic imine (C=N–C) groups is 1. The van der Waals surface area contributed by atoms with Crippen molar-refractivity contribution in [2.75, 3.05) is 18.9 Å². The monoisotopic (exact) mass is 545 g/mol. The van der Waals surface area contributed by atoms with Gasteiger partial charge in [-0.2, -0.15) is 0 Å². The normalized spacial score (nSPS) is 19.0. The maximum Gasteiger partial charge on any atom is 0.243 e. The van der Waals surface area contributed by atoms with Crippen molar-refractivity contribution in [3.05, 3.63) is 54.1 Å². The summed E-state index contributed by atoms with van der Waals surface area (Å²) in [4.78, 5) is 11.9. The van der Waals surface area contributed by atoms with Gasteiger partial charge < -0.3 is 14.6 Å². The van der Waals surface area contributed by atoms with Crippen LogP contribution in [0.3, 0.4) is 0 Å². The molecule has 0 fully saturated rings. The second-order valence-corrected chi connectivity index (χ2v) is 10.8. The van der Waals surface area contributed by atoms with E-state index in [1.54, 1.807) is 24.4 Å². The number of para-hydroxylation sites is 1. The molecule has 0 saturated heterocycles. The van der Waals surface area contributed by atoms with Gasteiger partial charge in [0.1, 0.15) is 28.5 Å². The summed E-state index contributed by atoms with van der Waals surface area (Å²) in [5, 5.41) is 17.6. The minimum Gasteiger partial charge on any atom is -0.494 e. The minimum atomic E-state index is -4.31. The van der Waals surface area contributed by atoms with Gasteiger partial charge in [0, 0.05) is 11.8 Å². The zero-order chi connectivity index (χ0) is 27.6. The molecule has 0 spiro atoms. The second kappa shape index (κ2) is 10.8. The van der Waals surface area contributed by atoms with E-state index in [-0.39, 0.29) is 23.7 Å². The lowest BCUT2D eigenvalue weighted by Gasteiger charge is -2.22. The van der Waals surface area contributed by atoms with Crippen LogP contribution in [-0.4, -0.2) is 70.0 Å². The van der Waals surface area contributed by atoms with E-state index < -0.39 is 27.2 Å². The van der Waals surface area contributed by atoms with Crippen LogP contribution in [0.1, 0.15) is 38.5 Å². The lowest BCUT2D eigenvalue weighted by Crippen LogP contribution is -2.32. The number of halogens is 1. The molecule has 3 heterocycles. The number of nitrogens with zero attached hydrogens (tertiary/aromatic N) is 6. The van der Waals surface area contributed by atoms with Crippen LogP contribution in [0.5, 0.6) is 11.5 Å². The number of anilines is 1. The molecule has 202 valence electrons. The first-order valence-corrected chi connectivity index (χ1v) is 13.2. The maximum absolute atomic E-state index is 13.4. The minimum absolute atomic E-state index is 0.0601.